The maximum absolute atomic E-state index is 13.9. The molecular formula is C33H55NO4SSi. The van der Waals surface area contributed by atoms with Crippen LogP contribution in [-0.4, -0.2) is 37.3 Å². The van der Waals surface area contributed by atoms with Crippen molar-refractivity contribution in [1.29, 1.82) is 0 Å². The zero-order valence-electron chi connectivity index (χ0n) is 27.3. The normalized spacial score (nSPS) is 28.1. The van der Waals surface area contributed by atoms with Gasteiger partial charge in [0.15, 0.2) is 8.32 Å². The number of hydrogen-bond donors (Lipinski definition) is 0. The first kappa shape index (κ1) is 34.6. The Balaban J connectivity index is 2.36. The second-order valence-corrected chi connectivity index (χ2v) is 20.0. The van der Waals surface area contributed by atoms with Crippen molar-refractivity contribution in [3.63, 3.8) is 0 Å². The predicted octanol–water partition coefficient (Wildman–Crippen LogP) is 9.33. The minimum atomic E-state index is -2.09. The number of esters is 1. The van der Waals surface area contributed by atoms with Crippen molar-refractivity contribution in [3.8, 4) is 0 Å². The highest BCUT2D eigenvalue weighted by Crippen LogP contribution is 2.41. The molecule has 4 atom stereocenters. The zero-order valence-corrected chi connectivity index (χ0v) is 29.1. The second kappa shape index (κ2) is 14.1. The van der Waals surface area contributed by atoms with E-state index in [9.17, 15) is 9.59 Å². The highest BCUT2D eigenvalue weighted by molar-refractivity contribution is 7.09. The van der Waals surface area contributed by atoms with E-state index in [-0.39, 0.29) is 47.3 Å². The number of aryl methyl sites for hydroxylation is 1. The van der Waals surface area contributed by atoms with Gasteiger partial charge >= 0.3 is 5.97 Å². The average molecular weight is 590 g/mol. The molecule has 40 heavy (non-hydrogen) atoms. The lowest BCUT2D eigenvalue weighted by Gasteiger charge is -2.43. The van der Waals surface area contributed by atoms with Crippen molar-refractivity contribution in [2.45, 2.75) is 138 Å². The van der Waals surface area contributed by atoms with Crippen molar-refractivity contribution >= 4 is 37.5 Å². The van der Waals surface area contributed by atoms with Crippen molar-refractivity contribution < 1.29 is 18.8 Å². The van der Waals surface area contributed by atoms with Crippen LogP contribution in [0.3, 0.4) is 0 Å². The van der Waals surface area contributed by atoms with Crippen LogP contribution < -0.4 is 0 Å². The van der Waals surface area contributed by atoms with Gasteiger partial charge in [0.2, 0.25) is 0 Å². The van der Waals surface area contributed by atoms with E-state index in [4.69, 9.17) is 9.16 Å². The van der Waals surface area contributed by atoms with Gasteiger partial charge in [-0.05, 0) is 82.2 Å². The Hall–Kier alpha value is -1.57. The summed E-state index contributed by atoms with van der Waals surface area (Å²) in [7, 11) is -2.09. The number of hydrogen-bond acceptors (Lipinski definition) is 6. The zero-order chi connectivity index (χ0) is 30.5. The van der Waals surface area contributed by atoms with Crippen molar-refractivity contribution in [3.05, 3.63) is 33.3 Å². The first-order valence-electron chi connectivity index (χ1n) is 15.0. The number of thiazole rings is 1. The van der Waals surface area contributed by atoms with Crippen molar-refractivity contribution in [1.82, 2.24) is 4.98 Å². The average Bonchev–Trinajstić information content (AvgIpc) is 3.25. The lowest BCUT2D eigenvalue weighted by molar-refractivity contribution is -0.148. The largest absolute Gasteiger partial charge is 0.457 e. The molecule has 1 aliphatic heterocycles. The van der Waals surface area contributed by atoms with Gasteiger partial charge < -0.3 is 9.16 Å². The van der Waals surface area contributed by atoms with Crippen LogP contribution in [0.4, 0.5) is 0 Å². The number of nitrogens with zero attached hydrogens (tertiary/aromatic N) is 1. The predicted molar refractivity (Wildman–Crippen MR) is 171 cm³/mol. The summed E-state index contributed by atoms with van der Waals surface area (Å²) < 4.78 is 13.0. The molecule has 0 spiro atoms. The fourth-order valence-corrected chi connectivity index (χ4v) is 7.17. The molecule has 0 radical (unpaired) electrons. The van der Waals surface area contributed by atoms with Gasteiger partial charge in [0.05, 0.1) is 16.8 Å². The summed E-state index contributed by atoms with van der Waals surface area (Å²) in [5.74, 6) is -0.0832. The fraction of sp³-hybridized carbons (Fsp3) is 0.727. The molecule has 0 unspecified atom stereocenters. The molecule has 0 bridgehead atoms. The third-order valence-electron chi connectivity index (χ3n) is 9.03. The first-order chi connectivity index (χ1) is 18.3. The monoisotopic (exact) mass is 589 g/mol. The smallest absolute Gasteiger partial charge is 0.306 e. The summed E-state index contributed by atoms with van der Waals surface area (Å²) in [5, 5.41) is 3.10. The minimum absolute atomic E-state index is 0.0603. The van der Waals surface area contributed by atoms with Gasteiger partial charge in [-0.15, -0.1) is 11.3 Å². The van der Waals surface area contributed by atoms with E-state index in [0.717, 1.165) is 35.5 Å². The lowest BCUT2D eigenvalue weighted by Crippen LogP contribution is -2.50. The molecule has 2 heterocycles. The molecule has 5 nitrogen and oxygen atoms in total. The molecule has 0 aromatic carbocycles. The Morgan fingerprint density at radius 3 is 2.40 bits per heavy atom. The van der Waals surface area contributed by atoms with E-state index in [1.165, 1.54) is 5.57 Å². The molecule has 0 N–H and O–H groups in total. The molecule has 1 aliphatic rings. The van der Waals surface area contributed by atoms with E-state index in [0.29, 0.717) is 12.8 Å². The topological polar surface area (TPSA) is 65.5 Å². The first-order valence-corrected chi connectivity index (χ1v) is 18.8. The summed E-state index contributed by atoms with van der Waals surface area (Å²) in [5.41, 5.74) is 2.52. The molecule has 0 saturated carbocycles. The Bertz CT molecular complexity index is 1080. The Labute approximate surface area is 249 Å². The van der Waals surface area contributed by atoms with Gasteiger partial charge in [-0.25, -0.2) is 4.98 Å². The third-order valence-corrected chi connectivity index (χ3v) is 14.3. The number of carbonyl (C=O) groups excluding carboxylic acids is 2. The van der Waals surface area contributed by atoms with Gasteiger partial charge in [-0.3, -0.25) is 9.59 Å². The number of ketones is 1. The number of Topliss-reactive ketones (excluding diaryl/α,β-unsaturated/α-hetero) is 1. The van der Waals surface area contributed by atoms with Gasteiger partial charge in [0.25, 0.3) is 0 Å². The number of aromatic nitrogens is 1. The van der Waals surface area contributed by atoms with Gasteiger partial charge in [0, 0.05) is 29.6 Å². The highest BCUT2D eigenvalue weighted by atomic mass is 32.1. The molecule has 2 rings (SSSR count). The van der Waals surface area contributed by atoms with Crippen LogP contribution in [-0.2, 0) is 18.8 Å². The quantitative estimate of drug-likeness (QED) is 0.199. The Kier molecular flexibility index (Phi) is 12.2. The van der Waals surface area contributed by atoms with Crippen LogP contribution in [0.25, 0.3) is 6.08 Å². The van der Waals surface area contributed by atoms with Crippen molar-refractivity contribution in [2.24, 2.45) is 17.3 Å². The van der Waals surface area contributed by atoms with Crippen LogP contribution in [0, 0.1) is 24.2 Å². The maximum Gasteiger partial charge on any atom is 0.306 e. The van der Waals surface area contributed by atoms with Crippen LogP contribution in [0.15, 0.2) is 22.6 Å². The van der Waals surface area contributed by atoms with E-state index >= 15 is 0 Å². The molecule has 0 fully saturated rings. The number of ether oxygens (including phenoxy) is 1. The van der Waals surface area contributed by atoms with Crippen LogP contribution in [0.5, 0.6) is 0 Å². The molecule has 0 amide bonds. The van der Waals surface area contributed by atoms with E-state index < -0.39 is 13.7 Å². The van der Waals surface area contributed by atoms with Crippen LogP contribution in [0.1, 0.15) is 112 Å². The van der Waals surface area contributed by atoms with Gasteiger partial charge in [0.1, 0.15) is 11.9 Å². The van der Waals surface area contributed by atoms with Crippen LogP contribution >= 0.6 is 11.3 Å². The molecule has 0 saturated heterocycles. The summed E-state index contributed by atoms with van der Waals surface area (Å²) in [6.07, 6.45) is 8.04. The van der Waals surface area contributed by atoms with E-state index in [1.807, 2.05) is 46.1 Å². The second-order valence-electron chi connectivity index (χ2n) is 14.2. The molecular weight excluding hydrogens is 535 g/mol. The lowest BCUT2D eigenvalue weighted by atomic mass is 9.74. The molecule has 1 aromatic rings. The van der Waals surface area contributed by atoms with Gasteiger partial charge in [-0.2, -0.15) is 0 Å². The number of carbonyl (C=O) groups is 2. The SMILES string of the molecule is C/C1=C/C[C@@H](/C(C)=C/c2csc(C)n2)OC(=O)CCC(C)(C)C(=O)[C@H](C)[C@@H](O[Si](C)(C)C(C)(C)C)[C@@H](C)CCC1. The van der Waals surface area contributed by atoms with Gasteiger partial charge in [-0.1, -0.05) is 60.1 Å². The van der Waals surface area contributed by atoms with Crippen LogP contribution in [0.2, 0.25) is 18.1 Å². The highest BCUT2D eigenvalue weighted by Gasteiger charge is 2.44. The van der Waals surface area contributed by atoms with E-state index in [2.05, 4.69) is 58.8 Å². The Morgan fingerprint density at radius 1 is 1.18 bits per heavy atom. The Morgan fingerprint density at radius 2 is 1.82 bits per heavy atom. The summed E-state index contributed by atoms with van der Waals surface area (Å²) in [4.78, 5) is 31.6. The molecule has 7 heteroatoms. The minimum Gasteiger partial charge on any atom is -0.457 e. The van der Waals surface area contributed by atoms with Crippen molar-refractivity contribution in [2.75, 3.05) is 0 Å². The summed E-state index contributed by atoms with van der Waals surface area (Å²) in [6.45, 7) is 25.7. The molecule has 226 valence electrons. The summed E-state index contributed by atoms with van der Waals surface area (Å²) >= 11 is 1.61. The maximum atomic E-state index is 13.9. The standard InChI is InChI=1S/C33H55NO4SSi/c1-22-14-13-15-23(2)30(38-40(11,12)32(6,7)8)25(4)31(36)33(9,10)19-18-29(35)37-28(17-16-22)24(3)20-27-21-39-26(5)34-27/h16,20-21,23,25,28,30H,13-15,17-19H2,1-12H3/b22-16-,24-20+/t23-,25+,28-,30-/m0/s1. The number of allylic oxidation sites excluding steroid dienone is 1. The summed E-state index contributed by atoms with van der Waals surface area (Å²) in [6, 6.07) is 0. The molecule has 1 aromatic heterocycles. The number of cyclic esters (lactones) is 1. The third kappa shape index (κ3) is 9.76. The van der Waals surface area contributed by atoms with E-state index in [1.54, 1.807) is 11.3 Å². The molecule has 0 aliphatic carbocycles. The number of rotatable bonds is 4. The fourth-order valence-electron chi connectivity index (χ4n) is 5.13.